The Kier molecular flexibility index (Phi) is 5.79. The monoisotopic (exact) mass is 283 g/mol. The van der Waals surface area contributed by atoms with Crippen molar-refractivity contribution in [3.63, 3.8) is 0 Å². The van der Waals surface area contributed by atoms with Crippen molar-refractivity contribution in [2.45, 2.75) is 31.7 Å². The van der Waals surface area contributed by atoms with Crippen LogP contribution >= 0.6 is 0 Å². The molecule has 1 atom stereocenters. The van der Waals surface area contributed by atoms with Crippen LogP contribution in [0.2, 0.25) is 0 Å². The van der Waals surface area contributed by atoms with Crippen LogP contribution in [0.15, 0.2) is 0 Å². The second-order valence-electron chi connectivity index (χ2n) is 5.64. The molecule has 0 saturated carbocycles. The zero-order valence-corrected chi connectivity index (χ0v) is 12.2. The molecule has 0 aliphatic carbocycles. The van der Waals surface area contributed by atoms with Gasteiger partial charge in [0.2, 0.25) is 11.8 Å². The van der Waals surface area contributed by atoms with E-state index in [1.165, 1.54) is 7.11 Å². The molecule has 2 heterocycles. The minimum absolute atomic E-state index is 0.0752. The van der Waals surface area contributed by atoms with Crippen molar-refractivity contribution in [3.05, 3.63) is 0 Å². The molecule has 2 rings (SSSR count). The third-order valence-electron chi connectivity index (χ3n) is 4.09. The van der Waals surface area contributed by atoms with Gasteiger partial charge in [-0.1, -0.05) is 0 Å². The highest BCUT2D eigenvalue weighted by atomic mass is 16.5. The van der Waals surface area contributed by atoms with Crippen LogP contribution in [0.25, 0.3) is 0 Å². The van der Waals surface area contributed by atoms with Gasteiger partial charge in [-0.05, 0) is 32.2 Å². The lowest BCUT2D eigenvalue weighted by molar-refractivity contribution is -0.137. The van der Waals surface area contributed by atoms with Crippen molar-refractivity contribution in [2.75, 3.05) is 39.9 Å². The van der Waals surface area contributed by atoms with Crippen LogP contribution in [0.5, 0.6) is 0 Å². The first kappa shape index (κ1) is 15.3. The number of rotatable bonds is 4. The van der Waals surface area contributed by atoms with E-state index >= 15 is 0 Å². The van der Waals surface area contributed by atoms with Crippen molar-refractivity contribution in [2.24, 2.45) is 5.92 Å². The predicted octanol–water partition coefficient (Wildman–Crippen LogP) is -0.260. The van der Waals surface area contributed by atoms with E-state index < -0.39 is 0 Å². The van der Waals surface area contributed by atoms with E-state index in [4.69, 9.17) is 4.74 Å². The topological polar surface area (TPSA) is 70.7 Å². The maximum atomic E-state index is 12.4. The quantitative estimate of drug-likeness (QED) is 0.746. The molecule has 20 heavy (non-hydrogen) atoms. The van der Waals surface area contributed by atoms with E-state index in [9.17, 15) is 9.59 Å². The van der Waals surface area contributed by atoms with E-state index in [1.54, 1.807) is 0 Å². The number of methoxy groups -OCH3 is 1. The number of carbonyl (C=O) groups excluding carboxylic acids is 2. The van der Waals surface area contributed by atoms with Gasteiger partial charge in [0.15, 0.2) is 0 Å². The summed E-state index contributed by atoms with van der Waals surface area (Å²) in [4.78, 5) is 25.8. The standard InChI is InChI=1S/C14H25N3O3/c1-20-10-13(18)16-12-4-7-17(8-5-12)14(19)11-3-2-6-15-9-11/h11-12,15H,2-10H2,1H3,(H,16,18)/t11-/m0/s1. The summed E-state index contributed by atoms with van der Waals surface area (Å²) in [6.45, 7) is 3.42. The van der Waals surface area contributed by atoms with Crippen LogP contribution < -0.4 is 10.6 Å². The van der Waals surface area contributed by atoms with Crippen LogP contribution in [-0.4, -0.2) is 62.7 Å². The van der Waals surface area contributed by atoms with Gasteiger partial charge in [0, 0.05) is 32.8 Å². The van der Waals surface area contributed by atoms with Crippen LogP contribution in [0, 0.1) is 5.92 Å². The first-order valence-electron chi connectivity index (χ1n) is 7.48. The normalized spacial score (nSPS) is 24.4. The molecule has 2 saturated heterocycles. The molecule has 2 aliphatic rings. The first-order chi connectivity index (χ1) is 9.70. The smallest absolute Gasteiger partial charge is 0.246 e. The minimum Gasteiger partial charge on any atom is -0.375 e. The number of carbonyl (C=O) groups is 2. The Labute approximate surface area is 120 Å². The van der Waals surface area contributed by atoms with E-state index in [0.717, 1.165) is 51.9 Å². The zero-order valence-electron chi connectivity index (χ0n) is 12.2. The van der Waals surface area contributed by atoms with Gasteiger partial charge >= 0.3 is 0 Å². The first-order valence-corrected chi connectivity index (χ1v) is 7.48. The van der Waals surface area contributed by atoms with E-state index in [-0.39, 0.29) is 30.4 Å². The summed E-state index contributed by atoms with van der Waals surface area (Å²) >= 11 is 0. The Morgan fingerprint density at radius 3 is 2.65 bits per heavy atom. The molecule has 2 amide bonds. The van der Waals surface area contributed by atoms with Crippen LogP contribution in [0.3, 0.4) is 0 Å². The predicted molar refractivity (Wildman–Crippen MR) is 75.2 cm³/mol. The molecule has 6 nitrogen and oxygen atoms in total. The molecule has 0 aromatic carbocycles. The number of likely N-dealkylation sites (tertiary alicyclic amines) is 1. The van der Waals surface area contributed by atoms with Gasteiger partial charge in [0.05, 0.1) is 5.92 Å². The highest BCUT2D eigenvalue weighted by Gasteiger charge is 2.29. The van der Waals surface area contributed by atoms with Crippen molar-refractivity contribution in [1.82, 2.24) is 15.5 Å². The van der Waals surface area contributed by atoms with Gasteiger partial charge in [0.25, 0.3) is 0 Å². The highest BCUT2D eigenvalue weighted by molar-refractivity contribution is 5.79. The Morgan fingerprint density at radius 1 is 1.30 bits per heavy atom. The minimum atomic E-state index is -0.0752. The lowest BCUT2D eigenvalue weighted by Gasteiger charge is -2.35. The zero-order chi connectivity index (χ0) is 14.4. The van der Waals surface area contributed by atoms with Crippen molar-refractivity contribution < 1.29 is 14.3 Å². The Morgan fingerprint density at radius 2 is 2.05 bits per heavy atom. The SMILES string of the molecule is COCC(=O)NC1CCN(C(=O)[C@H]2CCCNC2)CC1. The summed E-state index contributed by atoms with van der Waals surface area (Å²) in [5, 5.41) is 6.23. The highest BCUT2D eigenvalue weighted by Crippen LogP contribution is 2.17. The Hall–Kier alpha value is -1.14. The third-order valence-corrected chi connectivity index (χ3v) is 4.09. The number of piperidine rings is 2. The third kappa shape index (κ3) is 4.18. The molecule has 0 unspecified atom stereocenters. The lowest BCUT2D eigenvalue weighted by Crippen LogP contribution is -2.50. The Balaban J connectivity index is 1.73. The molecule has 2 N–H and O–H groups in total. The van der Waals surface area contributed by atoms with Crippen LogP contribution in [0.1, 0.15) is 25.7 Å². The molecule has 0 aromatic rings. The summed E-state index contributed by atoms with van der Waals surface area (Å²) < 4.78 is 4.80. The van der Waals surface area contributed by atoms with Crippen LogP contribution in [0.4, 0.5) is 0 Å². The fraction of sp³-hybridized carbons (Fsp3) is 0.857. The fourth-order valence-corrected chi connectivity index (χ4v) is 2.97. The number of hydrogen-bond acceptors (Lipinski definition) is 4. The second-order valence-corrected chi connectivity index (χ2v) is 5.64. The van der Waals surface area contributed by atoms with Crippen LogP contribution in [-0.2, 0) is 14.3 Å². The van der Waals surface area contributed by atoms with E-state index in [1.807, 2.05) is 4.90 Å². The van der Waals surface area contributed by atoms with Crippen molar-refractivity contribution in [1.29, 1.82) is 0 Å². The van der Waals surface area contributed by atoms with E-state index in [0.29, 0.717) is 0 Å². The fourth-order valence-electron chi connectivity index (χ4n) is 2.97. The molecule has 114 valence electrons. The maximum absolute atomic E-state index is 12.4. The molecule has 0 bridgehead atoms. The Bertz CT molecular complexity index is 335. The number of ether oxygens (including phenoxy) is 1. The van der Waals surface area contributed by atoms with Crippen molar-refractivity contribution in [3.8, 4) is 0 Å². The van der Waals surface area contributed by atoms with Gasteiger partial charge in [0.1, 0.15) is 6.61 Å². The van der Waals surface area contributed by atoms with E-state index in [2.05, 4.69) is 10.6 Å². The molecule has 6 heteroatoms. The largest absolute Gasteiger partial charge is 0.375 e. The number of nitrogens with zero attached hydrogens (tertiary/aromatic N) is 1. The summed E-state index contributed by atoms with van der Waals surface area (Å²) in [5.41, 5.74) is 0. The van der Waals surface area contributed by atoms with Gasteiger partial charge < -0.3 is 20.3 Å². The molecule has 0 aromatic heterocycles. The molecular formula is C14H25N3O3. The average Bonchev–Trinajstić information content (AvgIpc) is 2.48. The summed E-state index contributed by atoms with van der Waals surface area (Å²) in [5.74, 6) is 0.344. The number of hydrogen-bond donors (Lipinski definition) is 2. The average molecular weight is 283 g/mol. The number of nitrogens with one attached hydrogen (secondary N) is 2. The molecule has 0 spiro atoms. The molecule has 0 radical (unpaired) electrons. The summed E-state index contributed by atoms with van der Waals surface area (Å²) in [6, 6.07) is 0.172. The maximum Gasteiger partial charge on any atom is 0.246 e. The van der Waals surface area contributed by atoms with Gasteiger partial charge in [-0.2, -0.15) is 0 Å². The van der Waals surface area contributed by atoms with Gasteiger partial charge in [-0.15, -0.1) is 0 Å². The molecular weight excluding hydrogens is 258 g/mol. The number of amides is 2. The lowest BCUT2D eigenvalue weighted by atomic mass is 9.96. The summed E-state index contributed by atoms with van der Waals surface area (Å²) in [6.07, 6.45) is 3.75. The molecule has 2 aliphatic heterocycles. The van der Waals surface area contributed by atoms with Gasteiger partial charge in [-0.3, -0.25) is 9.59 Å². The second kappa shape index (κ2) is 7.59. The summed E-state index contributed by atoms with van der Waals surface area (Å²) in [7, 11) is 1.51. The van der Waals surface area contributed by atoms with Gasteiger partial charge in [-0.25, -0.2) is 0 Å². The van der Waals surface area contributed by atoms with Crippen molar-refractivity contribution >= 4 is 11.8 Å². The molecule has 2 fully saturated rings.